The van der Waals surface area contributed by atoms with Crippen LogP contribution in [0.25, 0.3) is 0 Å². The Morgan fingerprint density at radius 2 is 1.97 bits per heavy atom. The quantitative estimate of drug-likeness (QED) is 0.570. The van der Waals surface area contributed by atoms with Crippen molar-refractivity contribution in [2.24, 2.45) is 0 Å². The molecular formula is C23H28N2O5. The average molecular weight is 412 g/mol. The maximum Gasteiger partial charge on any atom is 0.324 e. The second-order valence-electron chi connectivity index (χ2n) is 7.40. The van der Waals surface area contributed by atoms with E-state index < -0.39 is 0 Å². The maximum atomic E-state index is 13.1. The first-order valence-electron chi connectivity index (χ1n) is 10.5. The molecule has 2 heterocycles. The molecule has 2 aliphatic heterocycles. The number of amides is 2. The number of nitrogens with zero attached hydrogens (tertiary/aromatic N) is 2. The zero-order chi connectivity index (χ0) is 20.9. The standard InChI is InChI=1S/C23H28N2O5/c1-3-4-5-13-28-21-14-18(9-10-19(21)27-2)25-12-11-24(23(25)26)15-17-7-6-8-20-22(17)30-16-29-20/h6-10,14H,3-5,11-13,15-16H2,1-2H3. The molecule has 0 aromatic heterocycles. The molecule has 0 radical (unpaired) electrons. The normalized spacial score (nSPS) is 15.1. The first-order valence-corrected chi connectivity index (χ1v) is 10.5. The number of urea groups is 1. The van der Waals surface area contributed by atoms with E-state index in [0.29, 0.717) is 37.7 Å². The summed E-state index contributed by atoms with van der Waals surface area (Å²) in [5.74, 6) is 2.81. The molecule has 1 saturated heterocycles. The predicted octanol–water partition coefficient (Wildman–Crippen LogP) is 4.44. The Morgan fingerprint density at radius 3 is 2.80 bits per heavy atom. The molecule has 2 aromatic rings. The third-order valence-electron chi connectivity index (χ3n) is 5.40. The van der Waals surface area contributed by atoms with Gasteiger partial charge in [-0.15, -0.1) is 0 Å². The van der Waals surface area contributed by atoms with Crippen molar-refractivity contribution >= 4 is 11.7 Å². The number of para-hydroxylation sites is 1. The van der Waals surface area contributed by atoms with Gasteiger partial charge in [0, 0.05) is 30.4 Å². The molecule has 7 heteroatoms. The number of hydrogen-bond acceptors (Lipinski definition) is 5. The van der Waals surface area contributed by atoms with Crippen molar-refractivity contribution in [1.29, 1.82) is 0 Å². The van der Waals surface area contributed by atoms with Crippen LogP contribution >= 0.6 is 0 Å². The van der Waals surface area contributed by atoms with Crippen molar-refractivity contribution in [1.82, 2.24) is 4.90 Å². The monoisotopic (exact) mass is 412 g/mol. The summed E-state index contributed by atoms with van der Waals surface area (Å²) in [5.41, 5.74) is 1.77. The predicted molar refractivity (Wildman–Crippen MR) is 114 cm³/mol. The molecule has 7 nitrogen and oxygen atoms in total. The van der Waals surface area contributed by atoms with Crippen molar-refractivity contribution in [2.45, 2.75) is 32.7 Å². The van der Waals surface area contributed by atoms with Crippen LogP contribution in [0.1, 0.15) is 31.7 Å². The topological polar surface area (TPSA) is 60.5 Å². The lowest BCUT2D eigenvalue weighted by atomic mass is 10.2. The van der Waals surface area contributed by atoms with E-state index in [1.54, 1.807) is 12.0 Å². The number of benzene rings is 2. The molecule has 0 saturated carbocycles. The Morgan fingerprint density at radius 1 is 1.07 bits per heavy atom. The van der Waals surface area contributed by atoms with Gasteiger partial charge in [0.2, 0.25) is 6.79 Å². The van der Waals surface area contributed by atoms with Crippen molar-refractivity contribution in [2.75, 3.05) is 38.5 Å². The summed E-state index contributed by atoms with van der Waals surface area (Å²) >= 11 is 0. The highest BCUT2D eigenvalue weighted by Crippen LogP contribution is 2.37. The number of carbonyl (C=O) groups excluding carboxylic acids is 1. The molecule has 2 aliphatic rings. The number of rotatable bonds is 9. The van der Waals surface area contributed by atoms with Crippen molar-refractivity contribution in [3.05, 3.63) is 42.0 Å². The van der Waals surface area contributed by atoms with E-state index >= 15 is 0 Å². The van der Waals surface area contributed by atoms with Crippen LogP contribution in [0.15, 0.2) is 36.4 Å². The smallest absolute Gasteiger partial charge is 0.324 e. The van der Waals surface area contributed by atoms with Crippen LogP contribution in [0.5, 0.6) is 23.0 Å². The fourth-order valence-corrected chi connectivity index (χ4v) is 3.77. The van der Waals surface area contributed by atoms with Gasteiger partial charge >= 0.3 is 6.03 Å². The van der Waals surface area contributed by atoms with Gasteiger partial charge in [-0.05, 0) is 24.6 Å². The summed E-state index contributed by atoms with van der Waals surface area (Å²) in [5, 5.41) is 0. The van der Waals surface area contributed by atoms with E-state index in [0.717, 1.165) is 42.0 Å². The summed E-state index contributed by atoms with van der Waals surface area (Å²) in [6.07, 6.45) is 3.26. The number of fused-ring (bicyclic) bond motifs is 1. The Hall–Kier alpha value is -3.09. The highest BCUT2D eigenvalue weighted by Gasteiger charge is 2.31. The van der Waals surface area contributed by atoms with E-state index in [4.69, 9.17) is 18.9 Å². The fourth-order valence-electron chi connectivity index (χ4n) is 3.77. The van der Waals surface area contributed by atoms with Crippen LogP contribution in [0.2, 0.25) is 0 Å². The minimum Gasteiger partial charge on any atom is -0.493 e. The Kier molecular flexibility index (Phi) is 6.16. The molecule has 0 bridgehead atoms. The van der Waals surface area contributed by atoms with Gasteiger partial charge in [-0.2, -0.15) is 0 Å². The summed E-state index contributed by atoms with van der Waals surface area (Å²) in [4.78, 5) is 16.7. The molecule has 0 atom stereocenters. The van der Waals surface area contributed by atoms with E-state index in [-0.39, 0.29) is 12.8 Å². The molecule has 2 amide bonds. The molecule has 2 aromatic carbocycles. The SMILES string of the molecule is CCCCCOc1cc(N2CCN(Cc3cccc4c3OCO4)C2=O)ccc1OC. The summed E-state index contributed by atoms with van der Waals surface area (Å²) in [7, 11) is 1.63. The van der Waals surface area contributed by atoms with Gasteiger partial charge in [0.1, 0.15) is 0 Å². The fraction of sp³-hybridized carbons (Fsp3) is 0.435. The second-order valence-corrected chi connectivity index (χ2v) is 7.40. The largest absolute Gasteiger partial charge is 0.493 e. The van der Waals surface area contributed by atoms with Crippen LogP contribution in [-0.4, -0.2) is 44.5 Å². The van der Waals surface area contributed by atoms with E-state index in [9.17, 15) is 4.79 Å². The summed E-state index contributed by atoms with van der Waals surface area (Å²) in [6.45, 7) is 4.76. The zero-order valence-corrected chi connectivity index (χ0v) is 17.6. The van der Waals surface area contributed by atoms with E-state index in [1.165, 1.54) is 0 Å². The molecule has 0 aliphatic carbocycles. The number of unbranched alkanes of at least 4 members (excludes halogenated alkanes) is 2. The lowest BCUT2D eigenvalue weighted by molar-refractivity contribution is 0.172. The number of hydrogen-bond donors (Lipinski definition) is 0. The van der Waals surface area contributed by atoms with E-state index in [1.807, 2.05) is 41.3 Å². The molecule has 4 rings (SSSR count). The minimum atomic E-state index is -0.0337. The molecule has 160 valence electrons. The van der Waals surface area contributed by atoms with Gasteiger partial charge in [-0.1, -0.05) is 31.9 Å². The van der Waals surface area contributed by atoms with Gasteiger partial charge in [-0.3, -0.25) is 4.90 Å². The minimum absolute atomic E-state index is 0.0337. The van der Waals surface area contributed by atoms with Gasteiger partial charge in [0.25, 0.3) is 0 Å². The van der Waals surface area contributed by atoms with Gasteiger partial charge in [-0.25, -0.2) is 4.79 Å². The van der Waals surface area contributed by atoms with Gasteiger partial charge < -0.3 is 23.8 Å². The highest BCUT2D eigenvalue weighted by molar-refractivity contribution is 5.94. The molecule has 30 heavy (non-hydrogen) atoms. The second kappa shape index (κ2) is 9.15. The summed E-state index contributed by atoms with van der Waals surface area (Å²) in [6, 6.07) is 11.4. The van der Waals surface area contributed by atoms with Gasteiger partial charge in [0.05, 0.1) is 20.3 Å². The highest BCUT2D eigenvalue weighted by atomic mass is 16.7. The number of carbonyl (C=O) groups is 1. The zero-order valence-electron chi connectivity index (χ0n) is 17.6. The third kappa shape index (κ3) is 4.10. The van der Waals surface area contributed by atoms with Crippen LogP contribution in [0, 0.1) is 0 Å². The number of ether oxygens (including phenoxy) is 4. The van der Waals surface area contributed by atoms with Crippen LogP contribution in [0.4, 0.5) is 10.5 Å². The average Bonchev–Trinajstić information content (AvgIpc) is 3.39. The van der Waals surface area contributed by atoms with Crippen molar-refractivity contribution < 1.29 is 23.7 Å². The number of methoxy groups -OCH3 is 1. The molecular weight excluding hydrogens is 384 g/mol. The molecule has 0 spiro atoms. The lowest BCUT2D eigenvalue weighted by Crippen LogP contribution is -2.31. The van der Waals surface area contributed by atoms with E-state index in [2.05, 4.69) is 6.92 Å². The van der Waals surface area contributed by atoms with Crippen molar-refractivity contribution in [3.8, 4) is 23.0 Å². The van der Waals surface area contributed by atoms with Crippen LogP contribution in [-0.2, 0) is 6.54 Å². The molecule has 1 fully saturated rings. The van der Waals surface area contributed by atoms with Crippen LogP contribution < -0.4 is 23.8 Å². The van der Waals surface area contributed by atoms with Crippen molar-refractivity contribution in [3.63, 3.8) is 0 Å². The number of anilines is 1. The first kappa shape index (κ1) is 20.2. The summed E-state index contributed by atoms with van der Waals surface area (Å²) < 4.78 is 22.4. The third-order valence-corrected chi connectivity index (χ3v) is 5.40. The molecule has 0 N–H and O–H groups in total. The lowest BCUT2D eigenvalue weighted by Gasteiger charge is -2.20. The Labute approximate surface area is 177 Å². The maximum absolute atomic E-state index is 13.1. The Bertz CT molecular complexity index is 901. The Balaban J connectivity index is 1.46. The molecule has 0 unspecified atom stereocenters. The first-order chi connectivity index (χ1) is 14.7. The van der Waals surface area contributed by atoms with Crippen LogP contribution in [0.3, 0.4) is 0 Å². The van der Waals surface area contributed by atoms with Gasteiger partial charge in [0.15, 0.2) is 23.0 Å².